The van der Waals surface area contributed by atoms with Crippen LogP contribution in [0.3, 0.4) is 0 Å². The van der Waals surface area contributed by atoms with Gasteiger partial charge in [0.05, 0.1) is 28.6 Å². The molecule has 2 unspecified atom stereocenters. The van der Waals surface area contributed by atoms with Crippen molar-refractivity contribution in [3.63, 3.8) is 0 Å². The van der Waals surface area contributed by atoms with Crippen molar-refractivity contribution in [2.75, 3.05) is 13.1 Å². The molecule has 0 bridgehead atoms. The van der Waals surface area contributed by atoms with Gasteiger partial charge in [-0.25, -0.2) is 4.79 Å². The minimum absolute atomic E-state index is 0.0162. The topological polar surface area (TPSA) is 169 Å². The lowest BCUT2D eigenvalue weighted by Crippen LogP contribution is -2.55. The lowest BCUT2D eigenvalue weighted by Gasteiger charge is -2.35. The summed E-state index contributed by atoms with van der Waals surface area (Å²) in [7, 11) is 0. The highest BCUT2D eigenvalue weighted by molar-refractivity contribution is 7.12. The maximum Gasteiger partial charge on any atom is 0.404 e. The first kappa shape index (κ1) is 25.1. The number of morpholine rings is 1. The number of carbonyl (C=O) groups excluding carboxylic acids is 1. The predicted octanol–water partition coefficient (Wildman–Crippen LogP) is 0.279. The SMILES string of the molecule is CC1CN(C(=O)c2cc(-c3cc(=NC4CC4)n4c(c3)c(=Cc3[nH]c(=O)[nH]c3O)c[n+]4C(=N)N)cs2)CC(C)O1. The average molecular weight is 550 g/mol. The Balaban J connectivity index is 1.49. The van der Waals surface area contributed by atoms with Crippen LogP contribution >= 0.6 is 11.3 Å². The molecule has 12 nitrogen and oxygen atoms in total. The summed E-state index contributed by atoms with van der Waals surface area (Å²) in [6.07, 6.45) is 5.20. The molecule has 1 saturated heterocycles. The second kappa shape index (κ2) is 9.50. The zero-order valence-corrected chi connectivity index (χ0v) is 22.3. The summed E-state index contributed by atoms with van der Waals surface area (Å²) >= 11 is 1.39. The summed E-state index contributed by atoms with van der Waals surface area (Å²) in [4.78, 5) is 37.2. The zero-order valence-electron chi connectivity index (χ0n) is 21.5. The third-order valence-corrected chi connectivity index (χ3v) is 7.71. The number of ether oxygens (including phenoxy) is 1. The first-order chi connectivity index (χ1) is 18.7. The minimum Gasteiger partial charge on any atom is -0.493 e. The molecule has 1 amide bonds. The van der Waals surface area contributed by atoms with Crippen molar-refractivity contribution in [2.45, 2.75) is 44.9 Å². The first-order valence-electron chi connectivity index (χ1n) is 12.7. The molecule has 2 aliphatic rings. The molecule has 202 valence electrons. The summed E-state index contributed by atoms with van der Waals surface area (Å²) in [6, 6.07) is 5.94. The van der Waals surface area contributed by atoms with Crippen molar-refractivity contribution in [1.29, 1.82) is 5.41 Å². The van der Waals surface area contributed by atoms with E-state index in [0.29, 0.717) is 34.2 Å². The number of amides is 1. The Morgan fingerprint density at radius 3 is 2.62 bits per heavy atom. The maximum atomic E-state index is 13.3. The quantitative estimate of drug-likeness (QED) is 0.140. The smallest absolute Gasteiger partial charge is 0.404 e. The molecule has 1 aliphatic carbocycles. The number of aromatic hydroxyl groups is 1. The zero-order chi connectivity index (χ0) is 27.4. The Hall–Kier alpha value is -4.23. The number of nitrogens with zero attached hydrogens (tertiary/aromatic N) is 4. The Kier molecular flexibility index (Phi) is 6.11. The molecule has 6 N–H and O–H groups in total. The van der Waals surface area contributed by atoms with Gasteiger partial charge in [-0.1, -0.05) is 0 Å². The van der Waals surface area contributed by atoms with Crippen LogP contribution in [0.4, 0.5) is 0 Å². The monoisotopic (exact) mass is 549 g/mol. The van der Waals surface area contributed by atoms with E-state index in [2.05, 4.69) is 9.97 Å². The predicted molar refractivity (Wildman–Crippen MR) is 145 cm³/mol. The molecule has 1 saturated carbocycles. The van der Waals surface area contributed by atoms with Crippen molar-refractivity contribution < 1.29 is 19.3 Å². The van der Waals surface area contributed by atoms with Gasteiger partial charge in [0, 0.05) is 18.3 Å². The minimum atomic E-state index is -0.536. The van der Waals surface area contributed by atoms with Crippen LogP contribution in [-0.2, 0) is 4.74 Å². The number of aromatic amines is 2. The second-order valence-electron chi connectivity index (χ2n) is 10.1. The number of fused-ring (bicyclic) bond motifs is 1. The molecule has 6 rings (SSSR count). The van der Waals surface area contributed by atoms with Crippen molar-refractivity contribution in [3.05, 3.63) is 61.5 Å². The van der Waals surface area contributed by atoms with E-state index in [1.54, 1.807) is 16.8 Å². The fraction of sp³-hybridized carbons (Fsp3) is 0.346. The van der Waals surface area contributed by atoms with Gasteiger partial charge in [-0.3, -0.25) is 20.5 Å². The van der Waals surface area contributed by atoms with E-state index in [1.807, 2.05) is 42.3 Å². The van der Waals surface area contributed by atoms with E-state index in [-0.39, 0.29) is 41.7 Å². The highest BCUT2D eigenvalue weighted by Gasteiger charge is 2.28. The molecular weight excluding hydrogens is 520 g/mol. The van der Waals surface area contributed by atoms with Gasteiger partial charge in [0.15, 0.2) is 5.49 Å². The number of nitrogens with one attached hydrogen (secondary N) is 3. The number of pyridine rings is 1. The van der Waals surface area contributed by atoms with Crippen LogP contribution in [0.25, 0.3) is 22.7 Å². The van der Waals surface area contributed by atoms with Crippen LogP contribution in [0, 0.1) is 5.41 Å². The second-order valence-corrected chi connectivity index (χ2v) is 11.0. The van der Waals surface area contributed by atoms with Crippen LogP contribution in [0.5, 0.6) is 5.88 Å². The van der Waals surface area contributed by atoms with Crippen molar-refractivity contribution >= 4 is 34.8 Å². The van der Waals surface area contributed by atoms with Gasteiger partial charge in [0.25, 0.3) is 5.91 Å². The molecule has 4 aromatic heterocycles. The summed E-state index contributed by atoms with van der Waals surface area (Å²) in [5.74, 6) is -0.524. The Labute approximate surface area is 226 Å². The summed E-state index contributed by atoms with van der Waals surface area (Å²) < 4.78 is 8.99. The van der Waals surface area contributed by atoms with Crippen molar-refractivity contribution in [2.24, 2.45) is 10.7 Å². The van der Waals surface area contributed by atoms with Crippen molar-refractivity contribution in [1.82, 2.24) is 19.4 Å². The number of rotatable bonds is 4. The van der Waals surface area contributed by atoms with Crippen molar-refractivity contribution in [3.8, 4) is 17.0 Å². The molecule has 1 aliphatic heterocycles. The van der Waals surface area contributed by atoms with Crippen LogP contribution in [0.1, 0.15) is 42.1 Å². The number of hydrogen-bond acceptors (Lipinski definition) is 7. The molecule has 0 radical (unpaired) electrons. The van der Waals surface area contributed by atoms with E-state index < -0.39 is 5.69 Å². The average Bonchev–Trinajstić information content (AvgIpc) is 3.28. The summed E-state index contributed by atoms with van der Waals surface area (Å²) in [6.45, 7) is 5.04. The standard InChI is InChI=1S/C26H28N8O4S/c1-13-9-32(10-14(2)38-13)24(36)21-7-17(12-39-21)15-6-20-16(5-19-23(35)31-26(37)30-19)11-33(25(27)28)34(20)22(8-15)29-18-3-4-18/h5-8,11-14,18H,3-4,9-10H2,1-2H3,(H5,27,28,30,31,35,37)/p+1. The van der Waals surface area contributed by atoms with E-state index in [4.69, 9.17) is 20.9 Å². The number of nitrogen functional groups attached to an aromatic ring is 1. The largest absolute Gasteiger partial charge is 0.493 e. The van der Waals surface area contributed by atoms with Crippen LogP contribution in [0.15, 0.2) is 39.6 Å². The lowest BCUT2D eigenvalue weighted by atomic mass is 10.1. The fourth-order valence-corrected chi connectivity index (χ4v) is 5.83. The summed E-state index contributed by atoms with van der Waals surface area (Å²) in [5, 5.41) is 20.8. The summed E-state index contributed by atoms with van der Waals surface area (Å²) in [5.41, 5.74) is 8.57. The highest BCUT2D eigenvalue weighted by Crippen LogP contribution is 2.28. The Morgan fingerprint density at radius 1 is 1.23 bits per heavy atom. The maximum absolute atomic E-state index is 13.3. The third-order valence-electron chi connectivity index (χ3n) is 6.79. The van der Waals surface area contributed by atoms with E-state index >= 15 is 0 Å². The van der Waals surface area contributed by atoms with Gasteiger partial charge in [-0.2, -0.15) is 4.52 Å². The lowest BCUT2D eigenvalue weighted by molar-refractivity contribution is -0.634. The Morgan fingerprint density at radius 2 is 1.97 bits per heavy atom. The van der Waals surface area contributed by atoms with E-state index in [1.165, 1.54) is 16.0 Å². The molecule has 0 aromatic carbocycles. The molecule has 5 heterocycles. The molecule has 2 atom stereocenters. The normalized spacial score (nSPS) is 20.7. The van der Waals surface area contributed by atoms with Gasteiger partial charge in [-0.15, -0.1) is 21.4 Å². The number of nitrogens with two attached hydrogens (primary N) is 1. The van der Waals surface area contributed by atoms with Crippen LogP contribution in [-0.4, -0.2) is 67.7 Å². The molecule has 0 spiro atoms. The van der Waals surface area contributed by atoms with Crippen LogP contribution < -0.4 is 26.8 Å². The van der Waals surface area contributed by atoms with E-state index in [0.717, 1.165) is 24.0 Å². The molecule has 13 heteroatoms. The number of H-pyrrole nitrogens is 2. The number of carbonyl (C=O) groups is 1. The van der Waals surface area contributed by atoms with Gasteiger partial charge in [0.2, 0.25) is 5.88 Å². The highest BCUT2D eigenvalue weighted by atomic mass is 32.1. The number of hydrogen-bond donors (Lipinski definition) is 5. The number of imidazole rings is 1. The van der Waals surface area contributed by atoms with Gasteiger partial charge < -0.3 is 19.7 Å². The fourth-order valence-electron chi connectivity index (χ4n) is 4.95. The van der Waals surface area contributed by atoms with E-state index in [9.17, 15) is 14.7 Å². The molecular formula is C26H29N8O4S+. The number of thiophene rings is 1. The van der Waals surface area contributed by atoms with Gasteiger partial charge in [0.1, 0.15) is 11.9 Å². The molecule has 39 heavy (non-hydrogen) atoms. The van der Waals surface area contributed by atoms with Crippen LogP contribution in [0.2, 0.25) is 0 Å². The number of aromatic nitrogens is 4. The van der Waals surface area contributed by atoms with Gasteiger partial charge >= 0.3 is 11.6 Å². The first-order valence-corrected chi connectivity index (χ1v) is 13.6. The molecule has 4 aromatic rings. The molecule has 2 fully saturated rings. The van der Waals surface area contributed by atoms with Gasteiger partial charge in [-0.05, 0) is 67.5 Å². The Bertz CT molecular complexity index is 1780. The third kappa shape index (κ3) is 4.86.